The summed E-state index contributed by atoms with van der Waals surface area (Å²) in [4.78, 5) is 34.1. The number of amides is 1. The Labute approximate surface area is 175 Å². The van der Waals surface area contributed by atoms with Crippen molar-refractivity contribution in [2.75, 3.05) is 20.3 Å². The molecule has 0 spiro atoms. The van der Waals surface area contributed by atoms with Crippen LogP contribution in [0.2, 0.25) is 0 Å². The zero-order valence-electron chi connectivity index (χ0n) is 15.4. The molecule has 2 aromatic rings. The molecule has 1 aromatic carbocycles. The van der Waals surface area contributed by atoms with E-state index in [4.69, 9.17) is 14.6 Å². The van der Waals surface area contributed by atoms with Crippen LogP contribution in [-0.4, -0.2) is 52.3 Å². The highest BCUT2D eigenvalue weighted by Crippen LogP contribution is 2.36. The van der Waals surface area contributed by atoms with Gasteiger partial charge in [0.1, 0.15) is 0 Å². The average Bonchev–Trinajstić information content (AvgIpc) is 3.31. The lowest BCUT2D eigenvalue weighted by molar-refractivity contribution is -0.139. The van der Waals surface area contributed by atoms with Gasteiger partial charge in [-0.1, -0.05) is 12.1 Å². The highest BCUT2D eigenvalue weighted by atomic mass is 32.2. The lowest BCUT2D eigenvalue weighted by atomic mass is 10.2. The maximum atomic E-state index is 12.8. The third-order valence-corrected chi connectivity index (χ3v) is 5.32. The highest BCUT2D eigenvalue weighted by Gasteiger charge is 2.32. The molecule has 8 nitrogen and oxygen atoms in total. The van der Waals surface area contributed by atoms with Crippen LogP contribution < -0.4 is 9.47 Å². The Bertz CT molecular complexity index is 986. The predicted octanol–water partition coefficient (Wildman–Crippen LogP) is 3.41. The van der Waals surface area contributed by atoms with Crippen molar-refractivity contribution in [3.05, 3.63) is 52.9 Å². The van der Waals surface area contributed by atoms with E-state index in [-0.39, 0.29) is 5.91 Å². The number of rotatable bonds is 8. The van der Waals surface area contributed by atoms with E-state index >= 15 is 0 Å². The Kier molecular flexibility index (Phi) is 6.68. The number of thioether (sulfide) groups is 1. The molecule has 1 saturated heterocycles. The number of methoxy groups -OCH3 is 1. The first-order valence-corrected chi connectivity index (χ1v) is 10.0. The van der Waals surface area contributed by atoms with Crippen molar-refractivity contribution in [3.8, 4) is 11.5 Å². The summed E-state index contributed by atoms with van der Waals surface area (Å²) >= 11 is 2.63. The predicted molar refractivity (Wildman–Crippen MR) is 113 cm³/mol. The van der Waals surface area contributed by atoms with Crippen molar-refractivity contribution < 1.29 is 24.2 Å². The summed E-state index contributed by atoms with van der Waals surface area (Å²) in [6.07, 6.45) is 5.01. The summed E-state index contributed by atoms with van der Waals surface area (Å²) in [5, 5.41) is 11.7. The molecule has 29 heavy (non-hydrogen) atoms. The number of carboxylic acids is 1. The van der Waals surface area contributed by atoms with E-state index in [1.165, 1.54) is 35.1 Å². The van der Waals surface area contributed by atoms with Gasteiger partial charge in [0, 0.05) is 18.1 Å². The van der Waals surface area contributed by atoms with Gasteiger partial charge in [0.15, 0.2) is 23.3 Å². The van der Waals surface area contributed by atoms with Crippen LogP contribution in [-0.2, 0) is 9.59 Å². The number of aliphatic imine (C=N–C) groups is 1. The molecule has 1 fully saturated rings. The smallest absolute Gasteiger partial charge is 0.341 e. The number of hydrogen-bond donors (Lipinski definition) is 1. The van der Waals surface area contributed by atoms with E-state index in [0.717, 1.165) is 0 Å². The van der Waals surface area contributed by atoms with Crippen LogP contribution in [0.3, 0.4) is 0 Å². The maximum absolute atomic E-state index is 12.8. The number of thiazole rings is 1. The van der Waals surface area contributed by atoms with Crippen LogP contribution >= 0.6 is 23.1 Å². The maximum Gasteiger partial charge on any atom is 0.341 e. The number of carbonyl (C=O) groups is 2. The summed E-state index contributed by atoms with van der Waals surface area (Å²) in [6.45, 7) is 3.56. The lowest BCUT2D eigenvalue weighted by Crippen LogP contribution is -2.29. The van der Waals surface area contributed by atoms with Crippen molar-refractivity contribution in [2.45, 2.75) is 0 Å². The third-order valence-electron chi connectivity index (χ3n) is 3.65. The van der Waals surface area contributed by atoms with Gasteiger partial charge in [0.25, 0.3) is 5.91 Å². The van der Waals surface area contributed by atoms with Crippen molar-refractivity contribution in [1.29, 1.82) is 0 Å². The van der Waals surface area contributed by atoms with Gasteiger partial charge in [-0.2, -0.15) is 4.99 Å². The Morgan fingerprint density at radius 2 is 2.24 bits per heavy atom. The number of amidine groups is 1. The molecule has 150 valence electrons. The van der Waals surface area contributed by atoms with E-state index in [2.05, 4.69) is 16.6 Å². The fraction of sp³-hybridized carbons (Fsp3) is 0.158. The molecule has 0 unspecified atom stereocenters. The van der Waals surface area contributed by atoms with Crippen molar-refractivity contribution in [3.63, 3.8) is 0 Å². The number of aliphatic carboxylic acids is 1. The van der Waals surface area contributed by atoms with Crippen LogP contribution in [0.25, 0.3) is 6.08 Å². The largest absolute Gasteiger partial charge is 0.493 e. The fourth-order valence-electron chi connectivity index (χ4n) is 2.42. The first-order valence-electron chi connectivity index (χ1n) is 8.35. The third kappa shape index (κ3) is 5.04. The summed E-state index contributed by atoms with van der Waals surface area (Å²) < 4.78 is 10.5. The molecule has 0 bridgehead atoms. The van der Waals surface area contributed by atoms with Crippen LogP contribution in [0.5, 0.6) is 11.5 Å². The van der Waals surface area contributed by atoms with Crippen molar-refractivity contribution in [1.82, 2.24) is 9.88 Å². The Hall–Kier alpha value is -3.11. The standard InChI is InChI=1S/C19H17N3O5S2/c1-3-7-22-17(25)15(29-19(22)21-18-20-6-8-28-18)10-12-4-5-13(14(9-12)26-2)27-11-16(23)24/h3-6,8-10H,1,7,11H2,2H3,(H,23,24)/b15-10+,21-19-. The molecular weight excluding hydrogens is 414 g/mol. The van der Waals surface area contributed by atoms with Crippen LogP contribution in [0, 0.1) is 0 Å². The van der Waals surface area contributed by atoms with Crippen LogP contribution in [0.15, 0.2) is 52.3 Å². The fourth-order valence-corrected chi connectivity index (χ4v) is 3.97. The quantitative estimate of drug-likeness (QED) is 0.505. The average molecular weight is 431 g/mol. The van der Waals surface area contributed by atoms with Gasteiger partial charge in [-0.25, -0.2) is 9.78 Å². The monoisotopic (exact) mass is 431 g/mol. The van der Waals surface area contributed by atoms with Gasteiger partial charge in [-0.3, -0.25) is 9.69 Å². The molecule has 0 saturated carbocycles. The van der Waals surface area contributed by atoms with Gasteiger partial charge < -0.3 is 14.6 Å². The van der Waals surface area contributed by atoms with Crippen molar-refractivity contribution >= 4 is 51.4 Å². The molecule has 2 heterocycles. The summed E-state index contributed by atoms with van der Waals surface area (Å²) in [6, 6.07) is 4.99. The molecule has 0 radical (unpaired) electrons. The second kappa shape index (κ2) is 9.39. The molecule has 1 amide bonds. The minimum absolute atomic E-state index is 0.185. The molecule has 10 heteroatoms. The van der Waals surface area contributed by atoms with E-state index in [1.807, 2.05) is 5.38 Å². The van der Waals surface area contributed by atoms with Gasteiger partial charge in [0.2, 0.25) is 5.13 Å². The van der Waals surface area contributed by atoms with E-state index < -0.39 is 12.6 Å². The second-order valence-electron chi connectivity index (χ2n) is 5.62. The molecule has 1 aliphatic rings. The lowest BCUT2D eigenvalue weighted by Gasteiger charge is -2.11. The Morgan fingerprint density at radius 3 is 2.90 bits per heavy atom. The molecule has 0 atom stereocenters. The summed E-state index contributed by atoms with van der Waals surface area (Å²) in [5.41, 5.74) is 0.703. The SMILES string of the molecule is C=CCN1C(=O)/C(=C\c2ccc(OCC(=O)O)c(OC)c2)S/C1=N\c1nccs1. The van der Waals surface area contributed by atoms with E-state index in [1.54, 1.807) is 36.5 Å². The zero-order valence-corrected chi connectivity index (χ0v) is 17.0. The van der Waals surface area contributed by atoms with E-state index in [9.17, 15) is 9.59 Å². The first-order chi connectivity index (χ1) is 14.0. The number of hydrogen-bond acceptors (Lipinski definition) is 8. The second-order valence-corrected chi connectivity index (χ2v) is 7.50. The topological polar surface area (TPSA) is 101 Å². The normalized spacial score (nSPS) is 16.4. The molecule has 1 aromatic heterocycles. The highest BCUT2D eigenvalue weighted by molar-refractivity contribution is 8.18. The molecule has 3 rings (SSSR count). The van der Waals surface area contributed by atoms with Gasteiger partial charge >= 0.3 is 5.97 Å². The molecule has 0 aliphatic carbocycles. The molecule has 1 aliphatic heterocycles. The van der Waals surface area contributed by atoms with Crippen molar-refractivity contribution in [2.24, 2.45) is 4.99 Å². The van der Waals surface area contributed by atoms with Gasteiger partial charge in [-0.05, 0) is 35.5 Å². The first kappa shape index (κ1) is 20.6. The number of benzene rings is 1. The Balaban J connectivity index is 1.88. The molecule has 1 N–H and O–H groups in total. The number of carbonyl (C=O) groups excluding carboxylic acids is 1. The summed E-state index contributed by atoms with van der Waals surface area (Å²) in [7, 11) is 1.46. The molecular formula is C19H17N3O5S2. The number of ether oxygens (including phenoxy) is 2. The number of carboxylic acid groups (broad SMARTS) is 1. The summed E-state index contributed by atoms with van der Waals surface area (Å²) in [5.74, 6) is -0.589. The zero-order chi connectivity index (χ0) is 20.8. The minimum atomic E-state index is -1.08. The van der Waals surface area contributed by atoms with Crippen LogP contribution in [0.4, 0.5) is 5.13 Å². The Morgan fingerprint density at radius 1 is 1.41 bits per heavy atom. The number of nitrogens with zero attached hydrogens (tertiary/aromatic N) is 3. The number of aromatic nitrogens is 1. The van der Waals surface area contributed by atoms with Gasteiger partial charge in [-0.15, -0.1) is 17.9 Å². The van der Waals surface area contributed by atoms with Gasteiger partial charge in [0.05, 0.1) is 12.0 Å². The van der Waals surface area contributed by atoms with Crippen LogP contribution in [0.1, 0.15) is 5.56 Å². The van der Waals surface area contributed by atoms with E-state index in [0.29, 0.717) is 38.8 Å². The minimum Gasteiger partial charge on any atom is -0.493 e.